The third-order valence-electron chi connectivity index (χ3n) is 5.95. The smallest absolute Gasteiger partial charge is 0.295 e. The van der Waals surface area contributed by atoms with Crippen molar-refractivity contribution in [1.82, 2.24) is 0 Å². The first-order chi connectivity index (χ1) is 20.2. The largest absolute Gasteiger partial charge is 0.399 e. The van der Waals surface area contributed by atoms with Crippen LogP contribution < -0.4 is 11.5 Å². The van der Waals surface area contributed by atoms with Crippen LogP contribution in [0.4, 0.5) is 22.7 Å². The predicted molar refractivity (Wildman–Crippen MR) is 158 cm³/mol. The Balaban J connectivity index is 1.86. The van der Waals surface area contributed by atoms with Crippen LogP contribution in [0.25, 0.3) is 22.9 Å². The molecule has 232 valence electrons. The number of anilines is 2. The number of nitrogens with two attached hydrogens (primary N) is 2. The highest BCUT2D eigenvalue weighted by molar-refractivity contribution is 7.87. The lowest BCUT2D eigenvalue weighted by molar-refractivity contribution is 0.479. The Kier molecular flexibility index (Phi) is 8.40. The Bertz CT molecular complexity index is 2350. The number of nitrogen functional groups attached to an aromatic ring is 2. The first-order valence-corrected chi connectivity index (χ1v) is 17.3. The van der Waals surface area contributed by atoms with Gasteiger partial charge in [-0.05, 0) is 53.6 Å². The monoisotopic (exact) mass is 684 g/mol. The molecule has 0 aromatic heterocycles. The van der Waals surface area contributed by atoms with E-state index in [1.54, 1.807) is 0 Å². The average molecular weight is 685 g/mol. The summed E-state index contributed by atoms with van der Waals surface area (Å²) in [6.45, 7) is 0. The zero-order valence-electron chi connectivity index (χ0n) is 21.7. The van der Waals surface area contributed by atoms with Gasteiger partial charge in [-0.3, -0.25) is 18.2 Å². The van der Waals surface area contributed by atoms with Gasteiger partial charge in [-0.15, -0.1) is 5.11 Å². The molecule has 0 aliphatic rings. The molecule has 0 radical (unpaired) electrons. The standard InChI is InChI=1S/C24H20N4O12S4/c25-15-5-3-13(21(9-15)42(32,33)34)1-2-14-4-6-16(10-22(14)43(35,36)37)27-28-24-19-11-17(41(29,30)31)12-23(44(38,39)40)18(19)7-8-20(24)26/h1-12H,25-26H2,(H,29,30,31)(H,32,33,34)(H,35,36,37)(H,38,39,40). The molecule has 0 atom stereocenters. The van der Waals surface area contributed by atoms with E-state index in [0.717, 1.165) is 42.5 Å². The highest BCUT2D eigenvalue weighted by atomic mass is 32.2. The van der Waals surface area contributed by atoms with Crippen LogP contribution >= 0.6 is 0 Å². The van der Waals surface area contributed by atoms with Crippen molar-refractivity contribution in [3.8, 4) is 0 Å². The topological polar surface area (TPSA) is 294 Å². The second-order valence-corrected chi connectivity index (χ2v) is 14.6. The fraction of sp³-hybridized carbons (Fsp3) is 0. The van der Waals surface area contributed by atoms with Crippen molar-refractivity contribution >= 4 is 86.1 Å². The molecule has 0 aliphatic carbocycles. The molecule has 0 bridgehead atoms. The van der Waals surface area contributed by atoms with Gasteiger partial charge in [-0.2, -0.15) is 38.8 Å². The molecule has 0 heterocycles. The highest BCUT2D eigenvalue weighted by Gasteiger charge is 2.23. The van der Waals surface area contributed by atoms with Crippen LogP contribution in [-0.4, -0.2) is 51.9 Å². The summed E-state index contributed by atoms with van der Waals surface area (Å²) in [6, 6.07) is 10.5. The highest BCUT2D eigenvalue weighted by Crippen LogP contribution is 2.38. The van der Waals surface area contributed by atoms with Crippen LogP contribution in [0.1, 0.15) is 11.1 Å². The summed E-state index contributed by atoms with van der Waals surface area (Å²) in [4.78, 5) is -3.07. The zero-order chi connectivity index (χ0) is 32.8. The Morgan fingerprint density at radius 3 is 1.64 bits per heavy atom. The van der Waals surface area contributed by atoms with Crippen LogP contribution in [0.2, 0.25) is 0 Å². The Morgan fingerprint density at radius 2 is 1.09 bits per heavy atom. The van der Waals surface area contributed by atoms with E-state index in [0.29, 0.717) is 6.07 Å². The number of nitrogens with zero attached hydrogens (tertiary/aromatic N) is 2. The molecule has 4 rings (SSSR count). The molecule has 0 fully saturated rings. The van der Waals surface area contributed by atoms with Gasteiger partial charge in [0.15, 0.2) is 0 Å². The van der Waals surface area contributed by atoms with E-state index in [-0.39, 0.29) is 44.6 Å². The van der Waals surface area contributed by atoms with E-state index in [1.807, 2.05) is 0 Å². The summed E-state index contributed by atoms with van der Waals surface area (Å²) >= 11 is 0. The number of rotatable bonds is 8. The van der Waals surface area contributed by atoms with Crippen LogP contribution in [0.5, 0.6) is 0 Å². The summed E-state index contributed by atoms with van der Waals surface area (Å²) in [5, 5.41) is 7.23. The minimum absolute atomic E-state index is 0.0263. The minimum atomic E-state index is -5.02. The van der Waals surface area contributed by atoms with Crippen molar-refractivity contribution in [1.29, 1.82) is 0 Å². The minimum Gasteiger partial charge on any atom is -0.399 e. The molecule has 20 heteroatoms. The third-order valence-corrected chi connectivity index (χ3v) is 9.49. The van der Waals surface area contributed by atoms with E-state index in [2.05, 4.69) is 10.2 Å². The van der Waals surface area contributed by atoms with Crippen LogP contribution in [-0.2, 0) is 40.5 Å². The van der Waals surface area contributed by atoms with Gasteiger partial charge < -0.3 is 11.5 Å². The molecule has 0 amide bonds. The predicted octanol–water partition coefficient (Wildman–Crippen LogP) is 3.58. The van der Waals surface area contributed by atoms with Crippen molar-refractivity contribution in [2.45, 2.75) is 19.6 Å². The van der Waals surface area contributed by atoms with Gasteiger partial charge in [0.25, 0.3) is 40.5 Å². The van der Waals surface area contributed by atoms with E-state index < -0.39 is 60.1 Å². The number of benzene rings is 4. The van der Waals surface area contributed by atoms with Gasteiger partial charge in [-0.1, -0.05) is 30.4 Å². The molecule has 0 unspecified atom stereocenters. The maximum absolute atomic E-state index is 12.2. The van der Waals surface area contributed by atoms with Gasteiger partial charge >= 0.3 is 0 Å². The molecule has 0 saturated heterocycles. The lowest BCUT2D eigenvalue weighted by Gasteiger charge is -2.10. The third kappa shape index (κ3) is 7.09. The second kappa shape index (κ2) is 11.3. The average Bonchev–Trinajstić information content (AvgIpc) is 2.89. The van der Waals surface area contributed by atoms with E-state index in [1.165, 1.54) is 24.3 Å². The number of azo groups is 1. The van der Waals surface area contributed by atoms with Gasteiger partial charge in [0.2, 0.25) is 0 Å². The van der Waals surface area contributed by atoms with E-state index in [9.17, 15) is 51.9 Å². The molecule has 0 spiro atoms. The lowest BCUT2D eigenvalue weighted by Crippen LogP contribution is -2.04. The first-order valence-electron chi connectivity index (χ1n) is 11.6. The quantitative estimate of drug-likeness (QED) is 0.0669. The number of hydrogen-bond acceptors (Lipinski definition) is 12. The molecule has 4 aromatic carbocycles. The van der Waals surface area contributed by atoms with Gasteiger partial charge in [0, 0.05) is 16.5 Å². The van der Waals surface area contributed by atoms with Crippen molar-refractivity contribution < 1.29 is 51.9 Å². The van der Waals surface area contributed by atoms with Crippen molar-refractivity contribution in [2.24, 2.45) is 10.2 Å². The SMILES string of the molecule is Nc1ccc(C=Cc2ccc(N=Nc3c(N)ccc4c(S(=O)(=O)O)cc(S(=O)(=O)O)cc34)cc2S(=O)(=O)O)c(S(=O)(=O)O)c1. The number of fused-ring (bicyclic) bond motifs is 1. The molecule has 44 heavy (non-hydrogen) atoms. The molecular formula is C24H20N4O12S4. The summed E-state index contributed by atoms with van der Waals surface area (Å²) in [7, 11) is -19.6. The van der Waals surface area contributed by atoms with Crippen molar-refractivity contribution in [3.05, 3.63) is 71.8 Å². The van der Waals surface area contributed by atoms with Crippen LogP contribution in [0, 0.1) is 0 Å². The van der Waals surface area contributed by atoms with Crippen molar-refractivity contribution in [3.63, 3.8) is 0 Å². The van der Waals surface area contributed by atoms with Crippen molar-refractivity contribution in [2.75, 3.05) is 11.5 Å². The Hall–Kier alpha value is -4.28. The Morgan fingerprint density at radius 1 is 0.545 bits per heavy atom. The second-order valence-electron chi connectivity index (χ2n) is 8.97. The zero-order valence-corrected chi connectivity index (χ0v) is 24.9. The molecule has 16 nitrogen and oxygen atoms in total. The van der Waals surface area contributed by atoms with Crippen LogP contribution in [0.15, 0.2) is 90.5 Å². The van der Waals surface area contributed by atoms with Gasteiger partial charge in [-0.25, -0.2) is 0 Å². The lowest BCUT2D eigenvalue weighted by atomic mass is 10.1. The molecular weight excluding hydrogens is 665 g/mol. The summed E-state index contributed by atoms with van der Waals surface area (Å²) in [5.41, 5.74) is 10.6. The molecule has 0 aliphatic heterocycles. The molecule has 4 aromatic rings. The first kappa shape index (κ1) is 32.6. The van der Waals surface area contributed by atoms with Gasteiger partial charge in [0.05, 0.1) is 16.3 Å². The Labute approximate surface area is 250 Å². The fourth-order valence-electron chi connectivity index (χ4n) is 4.00. The normalized spacial score (nSPS) is 13.3. The van der Waals surface area contributed by atoms with Crippen LogP contribution in [0.3, 0.4) is 0 Å². The number of hydrogen-bond donors (Lipinski definition) is 6. The molecule has 8 N–H and O–H groups in total. The summed E-state index contributed by atoms with van der Waals surface area (Å²) < 4.78 is 134. The van der Waals surface area contributed by atoms with E-state index in [4.69, 9.17) is 11.5 Å². The maximum atomic E-state index is 12.2. The fourth-order valence-corrected chi connectivity index (χ4v) is 6.76. The summed E-state index contributed by atoms with van der Waals surface area (Å²) in [6.07, 6.45) is 2.27. The maximum Gasteiger partial charge on any atom is 0.295 e. The van der Waals surface area contributed by atoms with E-state index >= 15 is 0 Å². The summed E-state index contributed by atoms with van der Waals surface area (Å²) in [5.74, 6) is 0. The van der Waals surface area contributed by atoms with Gasteiger partial charge in [0.1, 0.15) is 20.4 Å². The molecule has 0 saturated carbocycles.